The number of anilines is 1. The monoisotopic (exact) mass is 303 g/mol. The van der Waals surface area contributed by atoms with Gasteiger partial charge >= 0.3 is 6.03 Å². The molecule has 6 nitrogen and oxygen atoms in total. The number of rotatable bonds is 2. The first-order chi connectivity index (χ1) is 10.1. The van der Waals surface area contributed by atoms with Crippen LogP contribution in [0.2, 0.25) is 0 Å². The predicted octanol–water partition coefficient (Wildman–Crippen LogP) is 3.25. The average Bonchev–Trinajstić information content (AvgIpc) is 2.94. The molecule has 108 valence electrons. The number of hydrogen-bond acceptors (Lipinski definition) is 4. The molecule has 7 heteroatoms. The van der Waals surface area contributed by atoms with Crippen LogP contribution in [0.4, 0.5) is 16.2 Å². The van der Waals surface area contributed by atoms with Gasteiger partial charge in [0.25, 0.3) is 5.69 Å². The van der Waals surface area contributed by atoms with Crippen LogP contribution < -0.4 is 5.32 Å². The van der Waals surface area contributed by atoms with E-state index in [0.717, 1.165) is 6.42 Å². The van der Waals surface area contributed by atoms with E-state index in [0.29, 0.717) is 18.8 Å². The molecule has 0 bridgehead atoms. The molecule has 0 unspecified atom stereocenters. The number of carbonyl (C=O) groups excluding carboxylic acids is 1. The first-order valence-electron chi connectivity index (χ1n) is 6.49. The van der Waals surface area contributed by atoms with Gasteiger partial charge in [0.15, 0.2) is 0 Å². The van der Waals surface area contributed by atoms with Crippen LogP contribution in [0.1, 0.15) is 10.4 Å². The van der Waals surface area contributed by atoms with Gasteiger partial charge in [-0.15, -0.1) is 11.3 Å². The normalized spacial score (nSPS) is 13.6. The van der Waals surface area contributed by atoms with Gasteiger partial charge in [0.05, 0.1) is 4.92 Å². The molecule has 0 radical (unpaired) electrons. The fourth-order valence-electron chi connectivity index (χ4n) is 2.32. The second kappa shape index (κ2) is 5.53. The molecule has 0 spiro atoms. The number of nitro benzene ring substituents is 1. The van der Waals surface area contributed by atoms with Crippen molar-refractivity contribution in [3.8, 4) is 0 Å². The van der Waals surface area contributed by atoms with E-state index < -0.39 is 4.92 Å². The highest BCUT2D eigenvalue weighted by Crippen LogP contribution is 2.25. The second-order valence-electron chi connectivity index (χ2n) is 4.78. The van der Waals surface area contributed by atoms with Crippen molar-refractivity contribution < 1.29 is 9.72 Å². The summed E-state index contributed by atoms with van der Waals surface area (Å²) in [7, 11) is 0. The van der Waals surface area contributed by atoms with E-state index >= 15 is 0 Å². The zero-order valence-electron chi connectivity index (χ0n) is 11.1. The van der Waals surface area contributed by atoms with Crippen LogP contribution in [0.15, 0.2) is 35.7 Å². The van der Waals surface area contributed by atoms with Crippen LogP contribution in [0, 0.1) is 10.1 Å². The van der Waals surface area contributed by atoms with Crippen LogP contribution in [0.25, 0.3) is 0 Å². The van der Waals surface area contributed by atoms with Gasteiger partial charge in [0.2, 0.25) is 0 Å². The third-order valence-corrected chi connectivity index (χ3v) is 4.43. The summed E-state index contributed by atoms with van der Waals surface area (Å²) in [6.45, 7) is 1.24. The summed E-state index contributed by atoms with van der Waals surface area (Å²) in [4.78, 5) is 25.5. The Bertz CT molecular complexity index is 698. The van der Waals surface area contributed by atoms with Gasteiger partial charge in [0, 0.05) is 35.8 Å². The van der Waals surface area contributed by atoms with Gasteiger partial charge in [-0.25, -0.2) is 4.79 Å². The number of amides is 2. The standard InChI is InChI=1S/C14H13N3O3S/c18-14(15-11-2-1-3-12(8-11)17(19)20)16-6-4-13-10(9-16)5-7-21-13/h1-3,5,7-8H,4,6,9H2,(H,15,18). The second-order valence-corrected chi connectivity index (χ2v) is 5.78. The fourth-order valence-corrected chi connectivity index (χ4v) is 3.21. The molecule has 1 N–H and O–H groups in total. The minimum Gasteiger partial charge on any atom is -0.320 e. The van der Waals surface area contributed by atoms with Crippen LogP contribution >= 0.6 is 11.3 Å². The molecule has 1 aliphatic heterocycles. The Kier molecular flexibility index (Phi) is 3.57. The number of nitro groups is 1. The molecule has 21 heavy (non-hydrogen) atoms. The van der Waals surface area contributed by atoms with Crippen LogP contribution in [0.5, 0.6) is 0 Å². The molecule has 0 saturated carbocycles. The number of urea groups is 1. The topological polar surface area (TPSA) is 75.5 Å². The molecular weight excluding hydrogens is 290 g/mol. The van der Waals surface area contributed by atoms with Crippen molar-refractivity contribution in [2.75, 3.05) is 11.9 Å². The molecule has 0 fully saturated rings. The third kappa shape index (κ3) is 2.87. The highest BCUT2D eigenvalue weighted by Gasteiger charge is 2.21. The Morgan fingerprint density at radius 3 is 3.05 bits per heavy atom. The van der Waals surface area contributed by atoms with Crippen molar-refractivity contribution in [3.05, 3.63) is 56.3 Å². The lowest BCUT2D eigenvalue weighted by atomic mass is 10.1. The van der Waals surface area contributed by atoms with Gasteiger partial charge in [-0.1, -0.05) is 6.07 Å². The first kappa shape index (κ1) is 13.6. The number of nitrogens with one attached hydrogen (secondary N) is 1. The zero-order chi connectivity index (χ0) is 14.8. The predicted molar refractivity (Wildman–Crippen MR) is 80.5 cm³/mol. The molecule has 2 heterocycles. The summed E-state index contributed by atoms with van der Waals surface area (Å²) in [5.41, 5.74) is 1.58. The summed E-state index contributed by atoms with van der Waals surface area (Å²) in [6.07, 6.45) is 0.857. The Balaban J connectivity index is 1.70. The summed E-state index contributed by atoms with van der Waals surface area (Å²) in [5.74, 6) is 0. The summed E-state index contributed by atoms with van der Waals surface area (Å²) < 4.78 is 0. The number of nitrogens with zero attached hydrogens (tertiary/aromatic N) is 2. The summed E-state index contributed by atoms with van der Waals surface area (Å²) >= 11 is 1.71. The molecule has 0 atom stereocenters. The number of carbonyl (C=O) groups is 1. The van der Waals surface area contributed by atoms with Gasteiger partial charge in [0.1, 0.15) is 0 Å². The highest BCUT2D eigenvalue weighted by molar-refractivity contribution is 7.10. The van der Waals surface area contributed by atoms with Crippen LogP contribution in [0.3, 0.4) is 0 Å². The molecule has 1 aliphatic rings. The van der Waals surface area contributed by atoms with Crippen LogP contribution in [-0.4, -0.2) is 22.4 Å². The molecule has 2 amide bonds. The minimum atomic E-state index is -0.478. The highest BCUT2D eigenvalue weighted by atomic mass is 32.1. The lowest BCUT2D eigenvalue weighted by Crippen LogP contribution is -2.38. The van der Waals surface area contributed by atoms with Gasteiger partial charge in [-0.05, 0) is 29.5 Å². The minimum absolute atomic E-state index is 0.0356. The van der Waals surface area contributed by atoms with Crippen molar-refractivity contribution in [1.29, 1.82) is 0 Å². The quantitative estimate of drug-likeness (QED) is 0.683. The Hall–Kier alpha value is -2.41. The number of non-ortho nitro benzene ring substituents is 1. The molecule has 3 rings (SSSR count). The van der Waals surface area contributed by atoms with E-state index in [-0.39, 0.29) is 11.7 Å². The number of hydrogen-bond donors (Lipinski definition) is 1. The molecule has 0 aliphatic carbocycles. The Morgan fingerprint density at radius 1 is 1.38 bits per heavy atom. The smallest absolute Gasteiger partial charge is 0.320 e. The number of benzene rings is 1. The summed E-state index contributed by atoms with van der Waals surface area (Å²) in [5, 5.41) is 15.5. The maximum absolute atomic E-state index is 12.2. The first-order valence-corrected chi connectivity index (χ1v) is 7.37. The zero-order valence-corrected chi connectivity index (χ0v) is 11.9. The Labute approximate surface area is 125 Å². The maximum Gasteiger partial charge on any atom is 0.322 e. The van der Waals surface area contributed by atoms with Crippen molar-refractivity contribution in [3.63, 3.8) is 0 Å². The lowest BCUT2D eigenvalue weighted by Gasteiger charge is -2.27. The molecule has 0 saturated heterocycles. The maximum atomic E-state index is 12.2. The van der Waals surface area contributed by atoms with E-state index in [1.54, 1.807) is 28.4 Å². The lowest BCUT2D eigenvalue weighted by molar-refractivity contribution is -0.384. The van der Waals surface area contributed by atoms with Crippen LogP contribution in [-0.2, 0) is 13.0 Å². The van der Waals surface area contributed by atoms with E-state index in [2.05, 4.69) is 5.32 Å². The van der Waals surface area contributed by atoms with E-state index in [9.17, 15) is 14.9 Å². The Morgan fingerprint density at radius 2 is 2.24 bits per heavy atom. The summed E-state index contributed by atoms with van der Waals surface area (Å²) in [6, 6.07) is 7.76. The van der Waals surface area contributed by atoms with Gasteiger partial charge in [-0.3, -0.25) is 10.1 Å². The van der Waals surface area contributed by atoms with Gasteiger partial charge in [-0.2, -0.15) is 0 Å². The third-order valence-electron chi connectivity index (χ3n) is 3.40. The fraction of sp³-hybridized carbons (Fsp3) is 0.214. The molecule has 1 aromatic heterocycles. The van der Waals surface area contributed by atoms with Crippen molar-refractivity contribution in [2.45, 2.75) is 13.0 Å². The van der Waals surface area contributed by atoms with E-state index in [1.165, 1.54) is 22.6 Å². The molecule has 1 aromatic carbocycles. The van der Waals surface area contributed by atoms with E-state index in [1.807, 2.05) is 11.4 Å². The number of thiophene rings is 1. The van der Waals surface area contributed by atoms with E-state index in [4.69, 9.17) is 0 Å². The SMILES string of the molecule is O=C(Nc1cccc([N+](=O)[O-])c1)N1CCc2sccc2C1. The van der Waals surface area contributed by atoms with Crippen molar-refractivity contribution in [2.24, 2.45) is 0 Å². The molecular formula is C14H13N3O3S. The molecule has 2 aromatic rings. The van der Waals surface area contributed by atoms with Crippen molar-refractivity contribution >= 4 is 28.7 Å². The van der Waals surface area contributed by atoms with Crippen molar-refractivity contribution in [1.82, 2.24) is 4.90 Å². The number of fused-ring (bicyclic) bond motifs is 1. The van der Waals surface area contributed by atoms with Gasteiger partial charge < -0.3 is 10.2 Å². The average molecular weight is 303 g/mol. The largest absolute Gasteiger partial charge is 0.322 e.